The van der Waals surface area contributed by atoms with Gasteiger partial charge in [-0.05, 0) is 30.3 Å². The molecule has 2 rings (SSSR count). The fourth-order valence-electron chi connectivity index (χ4n) is 2.53. The molecule has 1 amide bonds. The van der Waals surface area contributed by atoms with Crippen LogP contribution in [0, 0.1) is 0 Å². The van der Waals surface area contributed by atoms with Crippen LogP contribution in [-0.2, 0) is 17.9 Å². The highest BCUT2D eigenvalue weighted by molar-refractivity contribution is 5.78. The number of ether oxygens (including phenoxy) is 2. The number of methoxy groups -OCH3 is 1. The smallest absolute Gasteiger partial charge is 0.405 e. The summed E-state index contributed by atoms with van der Waals surface area (Å²) in [5, 5.41) is 1.85. The molecule has 0 aliphatic carbocycles. The van der Waals surface area contributed by atoms with E-state index >= 15 is 0 Å². The van der Waals surface area contributed by atoms with E-state index in [2.05, 4.69) is 0 Å². The van der Waals surface area contributed by atoms with Crippen LogP contribution in [-0.4, -0.2) is 44.2 Å². The fraction of sp³-hybridized carbons (Fsp3) is 0.350. The molecule has 0 saturated heterocycles. The second-order valence-electron chi connectivity index (χ2n) is 6.32. The Labute approximate surface area is 162 Å². The Balaban J connectivity index is 1.90. The lowest BCUT2D eigenvalue weighted by Crippen LogP contribution is -2.39. The molecule has 0 aromatic heterocycles. The molecule has 0 bridgehead atoms. The van der Waals surface area contributed by atoms with Crippen molar-refractivity contribution in [3.05, 3.63) is 59.7 Å². The summed E-state index contributed by atoms with van der Waals surface area (Å²) in [6.45, 7) is -0.712. The van der Waals surface area contributed by atoms with Gasteiger partial charge in [-0.3, -0.25) is 9.69 Å². The number of nitrogens with one attached hydrogen (secondary N) is 1. The molecule has 28 heavy (non-hydrogen) atoms. The topological polar surface area (TPSA) is 50.8 Å². The maximum Gasteiger partial charge on any atom is 0.405 e. The van der Waals surface area contributed by atoms with Crippen molar-refractivity contribution in [1.29, 1.82) is 0 Å². The molecular formula is C20H23F3N2O3. The van der Waals surface area contributed by atoms with E-state index in [1.165, 1.54) is 7.11 Å². The second kappa shape index (κ2) is 9.98. The number of likely N-dealkylation sites (N-methyl/N-ethyl adjacent to an activating group) is 1. The zero-order chi connectivity index (χ0) is 20.6. The Kier molecular flexibility index (Phi) is 7.69. The summed E-state index contributed by atoms with van der Waals surface area (Å²) in [6, 6.07) is 15.1. The average molecular weight is 396 g/mol. The quantitative estimate of drug-likeness (QED) is 0.706. The van der Waals surface area contributed by atoms with E-state index in [0.29, 0.717) is 24.7 Å². The number of rotatable bonds is 9. The Morgan fingerprint density at radius 3 is 2.43 bits per heavy atom. The molecule has 0 unspecified atom stereocenters. The molecular weight excluding hydrogens is 373 g/mol. The van der Waals surface area contributed by atoms with Gasteiger partial charge in [0.1, 0.15) is 13.2 Å². The molecule has 5 nitrogen and oxygen atoms in total. The Morgan fingerprint density at radius 2 is 1.79 bits per heavy atom. The Morgan fingerprint density at radius 1 is 1.07 bits per heavy atom. The first-order valence-corrected chi connectivity index (χ1v) is 8.62. The van der Waals surface area contributed by atoms with Crippen molar-refractivity contribution in [1.82, 2.24) is 10.2 Å². The van der Waals surface area contributed by atoms with Crippen LogP contribution in [0.15, 0.2) is 48.5 Å². The Hall–Kier alpha value is -2.74. The van der Waals surface area contributed by atoms with Gasteiger partial charge >= 0.3 is 6.18 Å². The first-order valence-electron chi connectivity index (χ1n) is 8.62. The van der Waals surface area contributed by atoms with E-state index in [1.54, 1.807) is 24.1 Å². The molecule has 0 fully saturated rings. The van der Waals surface area contributed by atoms with Crippen LogP contribution in [0.3, 0.4) is 0 Å². The average Bonchev–Trinajstić information content (AvgIpc) is 2.65. The monoisotopic (exact) mass is 396 g/mol. The molecule has 2 aromatic carbocycles. The van der Waals surface area contributed by atoms with Gasteiger partial charge in [-0.1, -0.05) is 36.4 Å². The second-order valence-corrected chi connectivity index (χ2v) is 6.32. The van der Waals surface area contributed by atoms with E-state index in [1.807, 2.05) is 41.7 Å². The predicted molar refractivity (Wildman–Crippen MR) is 99.2 cm³/mol. The molecule has 1 N–H and O–H groups in total. The number of nitrogens with zero attached hydrogens (tertiary/aromatic N) is 1. The van der Waals surface area contributed by atoms with E-state index in [0.717, 1.165) is 11.1 Å². The van der Waals surface area contributed by atoms with E-state index < -0.39 is 18.6 Å². The number of carbonyl (C=O) groups excluding carboxylic acids is 1. The maximum absolute atomic E-state index is 12.1. The van der Waals surface area contributed by atoms with Crippen LogP contribution >= 0.6 is 0 Å². The summed E-state index contributed by atoms with van der Waals surface area (Å²) in [5.74, 6) is 0.443. The summed E-state index contributed by atoms with van der Waals surface area (Å²) in [4.78, 5) is 13.2. The van der Waals surface area contributed by atoms with E-state index in [4.69, 9.17) is 9.47 Å². The van der Waals surface area contributed by atoms with Gasteiger partial charge in [-0.25, -0.2) is 0 Å². The molecule has 0 radical (unpaired) electrons. The van der Waals surface area contributed by atoms with Crippen LogP contribution in [0.1, 0.15) is 11.1 Å². The van der Waals surface area contributed by atoms with E-state index in [-0.39, 0.29) is 6.54 Å². The number of alkyl halides is 3. The number of hydrogen-bond acceptors (Lipinski definition) is 4. The van der Waals surface area contributed by atoms with Gasteiger partial charge in [-0.15, -0.1) is 0 Å². The van der Waals surface area contributed by atoms with Crippen molar-refractivity contribution in [3.8, 4) is 11.5 Å². The zero-order valence-electron chi connectivity index (χ0n) is 15.8. The molecule has 0 saturated carbocycles. The highest BCUT2D eigenvalue weighted by Gasteiger charge is 2.27. The van der Waals surface area contributed by atoms with Crippen molar-refractivity contribution in [2.45, 2.75) is 19.3 Å². The van der Waals surface area contributed by atoms with Gasteiger partial charge in [0.25, 0.3) is 0 Å². The van der Waals surface area contributed by atoms with Crippen LogP contribution in [0.4, 0.5) is 13.2 Å². The minimum atomic E-state index is -4.42. The van der Waals surface area contributed by atoms with Gasteiger partial charge in [0.15, 0.2) is 11.5 Å². The van der Waals surface area contributed by atoms with Gasteiger partial charge in [-0.2, -0.15) is 13.2 Å². The maximum atomic E-state index is 12.1. The normalized spacial score (nSPS) is 11.4. The SMILES string of the molecule is COc1cc(CN(C)CC(=O)NCC(F)(F)F)ccc1OCc1ccccc1. The Bertz CT molecular complexity index is 767. The number of carbonyl (C=O) groups is 1. The van der Waals surface area contributed by atoms with Gasteiger partial charge in [0, 0.05) is 6.54 Å². The van der Waals surface area contributed by atoms with Crippen LogP contribution in [0.5, 0.6) is 11.5 Å². The molecule has 0 heterocycles. The summed E-state index contributed by atoms with van der Waals surface area (Å²) < 4.78 is 47.6. The number of amides is 1. The highest BCUT2D eigenvalue weighted by Crippen LogP contribution is 2.29. The molecule has 152 valence electrons. The number of halogens is 3. The van der Waals surface area contributed by atoms with Gasteiger partial charge < -0.3 is 14.8 Å². The van der Waals surface area contributed by atoms with Crippen molar-refractivity contribution in [2.75, 3.05) is 27.2 Å². The van der Waals surface area contributed by atoms with Gasteiger partial charge in [0.05, 0.1) is 13.7 Å². The van der Waals surface area contributed by atoms with Crippen molar-refractivity contribution < 1.29 is 27.4 Å². The first kappa shape index (κ1) is 21.6. The fourth-order valence-corrected chi connectivity index (χ4v) is 2.53. The highest BCUT2D eigenvalue weighted by atomic mass is 19.4. The molecule has 0 aliphatic heterocycles. The summed E-state index contributed by atoms with van der Waals surface area (Å²) in [7, 11) is 3.18. The van der Waals surface area contributed by atoms with Gasteiger partial charge in [0.2, 0.25) is 5.91 Å². The zero-order valence-corrected chi connectivity index (χ0v) is 15.8. The van der Waals surface area contributed by atoms with Crippen molar-refractivity contribution >= 4 is 5.91 Å². The molecule has 0 spiro atoms. The van der Waals surface area contributed by atoms with Crippen LogP contribution in [0.25, 0.3) is 0 Å². The summed E-state index contributed by atoms with van der Waals surface area (Å²) in [6.07, 6.45) is -4.42. The largest absolute Gasteiger partial charge is 0.493 e. The molecule has 0 atom stereocenters. The predicted octanol–water partition coefficient (Wildman–Crippen LogP) is 3.38. The van der Waals surface area contributed by atoms with Crippen LogP contribution < -0.4 is 14.8 Å². The lowest BCUT2D eigenvalue weighted by molar-refractivity contribution is -0.138. The number of hydrogen-bond donors (Lipinski definition) is 1. The number of benzene rings is 2. The standard InChI is InChI=1S/C20H23F3N2O3/c1-25(12-19(26)24-14-20(21,22)23)11-16-8-9-17(18(10-16)27-2)28-13-15-6-4-3-5-7-15/h3-10H,11-14H2,1-2H3,(H,24,26). The van der Waals surface area contributed by atoms with Crippen molar-refractivity contribution in [3.63, 3.8) is 0 Å². The lowest BCUT2D eigenvalue weighted by Gasteiger charge is -2.18. The third-order valence-corrected chi connectivity index (χ3v) is 3.82. The summed E-state index contributed by atoms with van der Waals surface area (Å²) in [5.41, 5.74) is 1.87. The third-order valence-electron chi connectivity index (χ3n) is 3.82. The molecule has 2 aromatic rings. The van der Waals surface area contributed by atoms with Crippen LogP contribution in [0.2, 0.25) is 0 Å². The lowest BCUT2D eigenvalue weighted by atomic mass is 10.2. The third kappa shape index (κ3) is 7.48. The molecule has 0 aliphatic rings. The summed E-state index contributed by atoms with van der Waals surface area (Å²) >= 11 is 0. The van der Waals surface area contributed by atoms with E-state index in [9.17, 15) is 18.0 Å². The minimum absolute atomic E-state index is 0.148. The molecule has 8 heteroatoms. The first-order chi connectivity index (χ1) is 13.3. The van der Waals surface area contributed by atoms with Crippen molar-refractivity contribution in [2.24, 2.45) is 0 Å². The minimum Gasteiger partial charge on any atom is -0.493 e.